The molecule has 0 aliphatic rings. The van der Waals surface area contributed by atoms with E-state index in [1.165, 1.54) is 51.7 Å². The van der Waals surface area contributed by atoms with Crippen molar-refractivity contribution in [2.24, 2.45) is 0 Å². The molecule has 0 bridgehead atoms. The molecular weight excluding hydrogens is 196 g/mol. The molecule has 0 aromatic rings. The summed E-state index contributed by atoms with van der Waals surface area (Å²) >= 11 is 0. The van der Waals surface area contributed by atoms with Gasteiger partial charge in [-0.05, 0) is 59.3 Å². The van der Waals surface area contributed by atoms with Crippen LogP contribution >= 0.6 is 0 Å². The van der Waals surface area contributed by atoms with Gasteiger partial charge in [-0.3, -0.25) is 0 Å². The monoisotopic (exact) mass is 228 g/mol. The lowest BCUT2D eigenvalue weighted by Gasteiger charge is -2.26. The van der Waals surface area contributed by atoms with Gasteiger partial charge in [-0.1, -0.05) is 26.7 Å². The van der Waals surface area contributed by atoms with E-state index in [4.69, 9.17) is 0 Å². The Morgan fingerprint density at radius 1 is 0.875 bits per heavy atom. The van der Waals surface area contributed by atoms with Crippen LogP contribution in [0.25, 0.3) is 0 Å². The van der Waals surface area contributed by atoms with Gasteiger partial charge in [0.25, 0.3) is 0 Å². The van der Waals surface area contributed by atoms with Crippen molar-refractivity contribution in [1.29, 1.82) is 0 Å². The zero-order valence-corrected chi connectivity index (χ0v) is 11.9. The first-order valence-corrected chi connectivity index (χ1v) is 7.17. The van der Waals surface area contributed by atoms with Crippen LogP contribution in [-0.2, 0) is 0 Å². The van der Waals surface area contributed by atoms with Gasteiger partial charge in [0.2, 0.25) is 0 Å². The van der Waals surface area contributed by atoms with Gasteiger partial charge in [-0.15, -0.1) is 0 Å². The van der Waals surface area contributed by atoms with Gasteiger partial charge in [0.05, 0.1) is 0 Å². The first kappa shape index (κ1) is 15.9. The van der Waals surface area contributed by atoms with Crippen LogP contribution in [0.3, 0.4) is 0 Å². The van der Waals surface area contributed by atoms with Crippen LogP contribution in [-0.4, -0.2) is 37.1 Å². The lowest BCUT2D eigenvalue weighted by atomic mass is 10.2. The normalized spacial score (nSPS) is 11.6. The maximum absolute atomic E-state index is 3.47. The van der Waals surface area contributed by atoms with E-state index in [0.717, 1.165) is 6.54 Å². The molecule has 0 spiro atoms. The quantitative estimate of drug-likeness (QED) is 0.546. The topological polar surface area (TPSA) is 15.3 Å². The van der Waals surface area contributed by atoms with E-state index in [0.29, 0.717) is 6.04 Å². The lowest BCUT2D eigenvalue weighted by Crippen LogP contribution is -2.34. The fraction of sp³-hybridized carbons (Fsp3) is 1.00. The fourth-order valence-corrected chi connectivity index (χ4v) is 1.90. The summed E-state index contributed by atoms with van der Waals surface area (Å²) in [6.07, 6.45) is 6.58. The Hall–Kier alpha value is -0.0800. The highest BCUT2D eigenvalue weighted by atomic mass is 15.1. The molecule has 16 heavy (non-hydrogen) atoms. The molecule has 2 heteroatoms. The van der Waals surface area contributed by atoms with Crippen molar-refractivity contribution < 1.29 is 0 Å². The Bertz CT molecular complexity index is 135. The molecule has 0 heterocycles. The Balaban J connectivity index is 3.52. The van der Waals surface area contributed by atoms with Crippen molar-refractivity contribution in [3.63, 3.8) is 0 Å². The van der Waals surface area contributed by atoms with Gasteiger partial charge >= 0.3 is 0 Å². The van der Waals surface area contributed by atoms with Crippen molar-refractivity contribution in [2.45, 2.75) is 65.8 Å². The number of rotatable bonds is 11. The third kappa shape index (κ3) is 9.17. The summed E-state index contributed by atoms with van der Waals surface area (Å²) < 4.78 is 0. The molecular formula is C14H32N2. The van der Waals surface area contributed by atoms with Gasteiger partial charge < -0.3 is 10.2 Å². The molecule has 1 N–H and O–H groups in total. The smallest absolute Gasteiger partial charge is 0.00385 e. The Morgan fingerprint density at radius 3 is 2.12 bits per heavy atom. The van der Waals surface area contributed by atoms with Crippen LogP contribution in [0.15, 0.2) is 0 Å². The number of nitrogens with zero attached hydrogens (tertiary/aromatic N) is 1. The highest BCUT2D eigenvalue weighted by Crippen LogP contribution is 2.04. The van der Waals surface area contributed by atoms with E-state index in [2.05, 4.69) is 37.9 Å². The number of unbranched alkanes of at least 4 members (excludes halogenated alkanes) is 2. The minimum Gasteiger partial charge on any atom is -0.317 e. The molecule has 0 unspecified atom stereocenters. The summed E-state index contributed by atoms with van der Waals surface area (Å²) in [5, 5.41) is 3.47. The van der Waals surface area contributed by atoms with Crippen molar-refractivity contribution in [3.8, 4) is 0 Å². The van der Waals surface area contributed by atoms with Crippen LogP contribution in [0.5, 0.6) is 0 Å². The Morgan fingerprint density at radius 2 is 1.56 bits per heavy atom. The van der Waals surface area contributed by atoms with Crippen LogP contribution in [0.2, 0.25) is 0 Å². The summed E-state index contributed by atoms with van der Waals surface area (Å²) in [5.41, 5.74) is 0. The molecule has 0 radical (unpaired) electrons. The van der Waals surface area contributed by atoms with Crippen LogP contribution in [0.4, 0.5) is 0 Å². The maximum Gasteiger partial charge on any atom is 0.00385 e. The Labute approximate surface area is 103 Å². The molecule has 0 saturated carbocycles. The largest absolute Gasteiger partial charge is 0.317 e. The first-order chi connectivity index (χ1) is 7.72. The number of hydrogen-bond acceptors (Lipinski definition) is 2. The summed E-state index contributed by atoms with van der Waals surface area (Å²) in [7, 11) is 0. The predicted octanol–water partition coefficient (Wildman–Crippen LogP) is 3.28. The minimum atomic E-state index is 0.697. The number of hydrogen-bond donors (Lipinski definition) is 1. The van der Waals surface area contributed by atoms with Crippen molar-refractivity contribution in [2.75, 3.05) is 26.2 Å². The van der Waals surface area contributed by atoms with Gasteiger partial charge in [0.1, 0.15) is 0 Å². The highest BCUT2D eigenvalue weighted by molar-refractivity contribution is 4.63. The Kier molecular flexibility index (Phi) is 11.3. The molecule has 0 aromatic heterocycles. The van der Waals surface area contributed by atoms with Crippen molar-refractivity contribution in [1.82, 2.24) is 10.2 Å². The highest BCUT2D eigenvalue weighted by Gasteiger charge is 2.07. The lowest BCUT2D eigenvalue weighted by molar-refractivity contribution is 0.214. The molecule has 0 fully saturated rings. The second kappa shape index (κ2) is 11.4. The van der Waals surface area contributed by atoms with Gasteiger partial charge in [0.15, 0.2) is 0 Å². The van der Waals surface area contributed by atoms with Crippen LogP contribution in [0.1, 0.15) is 59.8 Å². The fourth-order valence-electron chi connectivity index (χ4n) is 1.90. The molecule has 0 saturated heterocycles. The molecule has 0 aliphatic heterocycles. The molecule has 0 aromatic carbocycles. The SMILES string of the molecule is CCCCCN(CCCNCCC)C(C)C. The third-order valence-corrected chi connectivity index (χ3v) is 3.00. The zero-order chi connectivity index (χ0) is 12.2. The van der Waals surface area contributed by atoms with E-state index < -0.39 is 0 Å². The summed E-state index contributed by atoms with van der Waals surface area (Å²) in [6, 6.07) is 0.697. The summed E-state index contributed by atoms with van der Waals surface area (Å²) in [5.74, 6) is 0. The predicted molar refractivity (Wildman–Crippen MR) is 74.0 cm³/mol. The zero-order valence-electron chi connectivity index (χ0n) is 11.9. The van der Waals surface area contributed by atoms with Gasteiger partial charge in [-0.25, -0.2) is 0 Å². The van der Waals surface area contributed by atoms with Crippen LogP contribution in [0, 0.1) is 0 Å². The standard InChI is InChI=1S/C14H32N2/c1-5-7-8-12-16(14(3)4)13-9-11-15-10-6-2/h14-15H,5-13H2,1-4H3. The van der Waals surface area contributed by atoms with Crippen molar-refractivity contribution in [3.05, 3.63) is 0 Å². The van der Waals surface area contributed by atoms with E-state index in [1.54, 1.807) is 0 Å². The van der Waals surface area contributed by atoms with Gasteiger partial charge in [-0.2, -0.15) is 0 Å². The second-order valence-electron chi connectivity index (χ2n) is 4.94. The average Bonchev–Trinajstić information content (AvgIpc) is 2.26. The van der Waals surface area contributed by atoms with E-state index >= 15 is 0 Å². The first-order valence-electron chi connectivity index (χ1n) is 7.17. The van der Waals surface area contributed by atoms with Crippen LogP contribution < -0.4 is 5.32 Å². The minimum absolute atomic E-state index is 0.697. The molecule has 0 rings (SSSR count). The molecule has 0 atom stereocenters. The van der Waals surface area contributed by atoms with E-state index in [9.17, 15) is 0 Å². The average molecular weight is 228 g/mol. The summed E-state index contributed by atoms with van der Waals surface area (Å²) in [6.45, 7) is 14.0. The van der Waals surface area contributed by atoms with Gasteiger partial charge in [0, 0.05) is 6.04 Å². The maximum atomic E-state index is 3.47. The molecule has 0 aliphatic carbocycles. The van der Waals surface area contributed by atoms with Crippen molar-refractivity contribution >= 4 is 0 Å². The molecule has 0 amide bonds. The summed E-state index contributed by atoms with van der Waals surface area (Å²) in [4.78, 5) is 2.61. The molecule has 98 valence electrons. The molecule has 2 nitrogen and oxygen atoms in total. The van der Waals surface area contributed by atoms with E-state index in [1.807, 2.05) is 0 Å². The van der Waals surface area contributed by atoms with E-state index in [-0.39, 0.29) is 0 Å². The number of nitrogens with one attached hydrogen (secondary N) is 1. The third-order valence-electron chi connectivity index (χ3n) is 3.00. The second-order valence-corrected chi connectivity index (χ2v) is 4.94.